The molecule has 0 aliphatic carbocycles. The zero-order chi connectivity index (χ0) is 16.5. The second-order valence-corrected chi connectivity index (χ2v) is 6.37. The molecule has 0 radical (unpaired) electrons. The van der Waals surface area contributed by atoms with Crippen LogP contribution < -0.4 is 0 Å². The zero-order valence-corrected chi connectivity index (χ0v) is 14.4. The molecule has 0 aromatic rings. The van der Waals surface area contributed by atoms with E-state index < -0.39 is 5.97 Å². The molecule has 0 bridgehead atoms. The minimum absolute atomic E-state index is 0.134. The largest absolute Gasteiger partial charge is 0.481 e. The van der Waals surface area contributed by atoms with E-state index in [9.17, 15) is 4.79 Å². The van der Waals surface area contributed by atoms with Crippen LogP contribution in [0.1, 0.15) is 96.8 Å². The van der Waals surface area contributed by atoms with Gasteiger partial charge in [-0.15, -0.1) is 0 Å². The van der Waals surface area contributed by atoms with Gasteiger partial charge in [-0.25, -0.2) is 0 Å². The molecule has 0 spiro atoms. The summed E-state index contributed by atoms with van der Waals surface area (Å²) in [6.45, 7) is 1.87. The molecule has 2 N–H and O–H groups in total. The van der Waals surface area contributed by atoms with Gasteiger partial charge in [-0.2, -0.15) is 0 Å². The Bertz CT molecular complexity index is 272. The molecule has 0 heterocycles. The number of carboxylic acid groups (broad SMARTS) is 1. The highest BCUT2D eigenvalue weighted by Gasteiger charge is 1.96. The molecule has 1 unspecified atom stereocenters. The van der Waals surface area contributed by atoms with E-state index in [1.807, 2.05) is 6.92 Å². The summed E-state index contributed by atoms with van der Waals surface area (Å²) in [4.78, 5) is 10.3. The summed E-state index contributed by atoms with van der Waals surface area (Å²) in [5.41, 5.74) is 0. The highest BCUT2D eigenvalue weighted by atomic mass is 16.4. The van der Waals surface area contributed by atoms with E-state index in [2.05, 4.69) is 12.2 Å². The fourth-order valence-corrected chi connectivity index (χ4v) is 2.54. The molecule has 1 atom stereocenters. The number of hydrogen-bond donors (Lipinski definition) is 2. The highest BCUT2D eigenvalue weighted by Crippen LogP contribution is 2.11. The quantitative estimate of drug-likeness (QED) is 0.293. The number of carboxylic acids is 1. The highest BCUT2D eigenvalue weighted by molar-refractivity contribution is 5.66. The normalized spacial score (nSPS) is 12.8. The van der Waals surface area contributed by atoms with Crippen molar-refractivity contribution >= 4 is 5.97 Å². The van der Waals surface area contributed by atoms with Crippen molar-refractivity contribution in [3.8, 4) is 0 Å². The van der Waals surface area contributed by atoms with E-state index in [1.165, 1.54) is 44.9 Å². The van der Waals surface area contributed by atoms with Crippen LogP contribution in [0.4, 0.5) is 0 Å². The summed E-state index contributed by atoms with van der Waals surface area (Å²) >= 11 is 0. The summed E-state index contributed by atoms with van der Waals surface area (Å²) in [5, 5.41) is 17.7. The van der Waals surface area contributed by atoms with Crippen molar-refractivity contribution in [2.24, 2.45) is 0 Å². The lowest BCUT2D eigenvalue weighted by molar-refractivity contribution is -0.137. The van der Waals surface area contributed by atoms with Gasteiger partial charge >= 0.3 is 5.97 Å². The first kappa shape index (κ1) is 21.2. The Morgan fingerprint density at radius 1 is 0.818 bits per heavy atom. The standard InChI is InChI=1S/C19H36O3/c1-18(20)16-14-12-10-8-6-4-2-3-5-7-9-11-13-15-17-19(21)22/h7,9,18,20H,2-6,8,10-17H2,1H3,(H,21,22)/b9-7-. The number of hydrogen-bond acceptors (Lipinski definition) is 2. The molecule has 0 fully saturated rings. The van der Waals surface area contributed by atoms with Gasteiger partial charge in [0.25, 0.3) is 0 Å². The number of allylic oxidation sites excluding steroid dienone is 2. The average Bonchev–Trinajstić information content (AvgIpc) is 2.46. The van der Waals surface area contributed by atoms with Gasteiger partial charge in [0, 0.05) is 6.42 Å². The molecular formula is C19H36O3. The van der Waals surface area contributed by atoms with Gasteiger partial charge in [-0.3, -0.25) is 4.79 Å². The first-order valence-corrected chi connectivity index (χ1v) is 9.17. The van der Waals surface area contributed by atoms with Gasteiger partial charge < -0.3 is 10.2 Å². The number of unbranched alkanes of at least 4 members (excludes halogenated alkanes) is 10. The van der Waals surface area contributed by atoms with Crippen LogP contribution in [0.5, 0.6) is 0 Å². The molecule has 0 aromatic heterocycles. The van der Waals surface area contributed by atoms with Crippen LogP contribution in [-0.2, 0) is 4.79 Å². The summed E-state index contributed by atoms with van der Waals surface area (Å²) in [5.74, 6) is -0.688. The van der Waals surface area contributed by atoms with Crippen LogP contribution in [0.15, 0.2) is 12.2 Å². The molecule has 22 heavy (non-hydrogen) atoms. The van der Waals surface area contributed by atoms with Crippen LogP contribution in [0.3, 0.4) is 0 Å². The number of aliphatic hydroxyl groups is 1. The average molecular weight is 312 g/mol. The topological polar surface area (TPSA) is 57.5 Å². The number of rotatable bonds is 16. The molecule has 0 rings (SSSR count). The minimum Gasteiger partial charge on any atom is -0.481 e. The third kappa shape index (κ3) is 19.2. The maximum atomic E-state index is 10.3. The summed E-state index contributed by atoms with van der Waals surface area (Å²) in [7, 11) is 0. The zero-order valence-electron chi connectivity index (χ0n) is 14.4. The van der Waals surface area contributed by atoms with Gasteiger partial charge in [0.05, 0.1) is 6.10 Å². The molecule has 3 nitrogen and oxygen atoms in total. The Labute approximate surface area is 136 Å². The van der Waals surface area contributed by atoms with Crippen LogP contribution in [0.25, 0.3) is 0 Å². The van der Waals surface area contributed by atoms with Crippen molar-refractivity contribution in [2.75, 3.05) is 0 Å². The van der Waals surface area contributed by atoms with Gasteiger partial charge in [-0.05, 0) is 45.4 Å². The van der Waals surface area contributed by atoms with E-state index >= 15 is 0 Å². The molecule has 0 aliphatic heterocycles. The molecule has 3 heteroatoms. The molecule has 0 aliphatic rings. The number of carbonyl (C=O) groups is 1. The van der Waals surface area contributed by atoms with E-state index in [4.69, 9.17) is 10.2 Å². The van der Waals surface area contributed by atoms with Crippen LogP contribution in [-0.4, -0.2) is 22.3 Å². The Morgan fingerprint density at radius 3 is 1.77 bits per heavy atom. The van der Waals surface area contributed by atoms with Gasteiger partial charge in [0.2, 0.25) is 0 Å². The third-order valence-corrected chi connectivity index (χ3v) is 3.92. The van der Waals surface area contributed by atoms with Gasteiger partial charge in [0.1, 0.15) is 0 Å². The predicted molar refractivity (Wildman–Crippen MR) is 93.1 cm³/mol. The summed E-state index contributed by atoms with van der Waals surface area (Å²) in [6, 6.07) is 0. The van der Waals surface area contributed by atoms with E-state index in [-0.39, 0.29) is 6.10 Å². The second kappa shape index (κ2) is 16.5. The SMILES string of the molecule is CC(O)CCCCCCCCCC/C=C\CCCCC(=O)O. The van der Waals surface area contributed by atoms with Crippen molar-refractivity contribution in [3.63, 3.8) is 0 Å². The van der Waals surface area contributed by atoms with Crippen molar-refractivity contribution in [1.29, 1.82) is 0 Å². The van der Waals surface area contributed by atoms with Gasteiger partial charge in [-0.1, -0.05) is 57.1 Å². The van der Waals surface area contributed by atoms with Crippen molar-refractivity contribution < 1.29 is 15.0 Å². The Hall–Kier alpha value is -0.830. The van der Waals surface area contributed by atoms with Crippen LogP contribution in [0, 0.1) is 0 Å². The van der Waals surface area contributed by atoms with E-state index in [1.54, 1.807) is 0 Å². The monoisotopic (exact) mass is 312 g/mol. The molecule has 130 valence electrons. The smallest absolute Gasteiger partial charge is 0.303 e. The van der Waals surface area contributed by atoms with Crippen LogP contribution in [0.2, 0.25) is 0 Å². The fourth-order valence-electron chi connectivity index (χ4n) is 2.54. The first-order valence-electron chi connectivity index (χ1n) is 9.17. The number of aliphatic hydroxyl groups excluding tert-OH is 1. The molecule has 0 aromatic carbocycles. The van der Waals surface area contributed by atoms with E-state index in [0.29, 0.717) is 6.42 Å². The number of aliphatic carboxylic acids is 1. The maximum Gasteiger partial charge on any atom is 0.303 e. The van der Waals surface area contributed by atoms with E-state index in [0.717, 1.165) is 38.5 Å². The summed E-state index contributed by atoms with van der Waals surface area (Å²) in [6.07, 6.45) is 19.8. The molecule has 0 saturated carbocycles. The first-order chi connectivity index (χ1) is 10.6. The van der Waals surface area contributed by atoms with Crippen molar-refractivity contribution in [2.45, 2.75) is 103 Å². The Kier molecular flexibility index (Phi) is 15.9. The van der Waals surface area contributed by atoms with Gasteiger partial charge in [0.15, 0.2) is 0 Å². The lowest BCUT2D eigenvalue weighted by Gasteiger charge is -2.03. The molecular weight excluding hydrogens is 276 g/mol. The predicted octanol–water partition coefficient (Wildman–Crippen LogP) is 5.47. The summed E-state index contributed by atoms with van der Waals surface area (Å²) < 4.78 is 0. The Balaban J connectivity index is 3.09. The molecule has 0 saturated heterocycles. The Morgan fingerprint density at radius 2 is 1.27 bits per heavy atom. The fraction of sp³-hybridized carbons (Fsp3) is 0.842. The molecule has 0 amide bonds. The minimum atomic E-state index is -0.688. The lowest BCUT2D eigenvalue weighted by Crippen LogP contribution is -1.98. The second-order valence-electron chi connectivity index (χ2n) is 6.37. The van der Waals surface area contributed by atoms with Crippen molar-refractivity contribution in [3.05, 3.63) is 12.2 Å². The van der Waals surface area contributed by atoms with Crippen LogP contribution >= 0.6 is 0 Å². The third-order valence-electron chi connectivity index (χ3n) is 3.92. The van der Waals surface area contributed by atoms with Crippen molar-refractivity contribution in [1.82, 2.24) is 0 Å². The maximum absolute atomic E-state index is 10.3. The lowest BCUT2D eigenvalue weighted by atomic mass is 10.1.